The summed E-state index contributed by atoms with van der Waals surface area (Å²) in [5.41, 5.74) is 2.71. The smallest absolute Gasteiger partial charge is 0.305 e. The number of hydrogen-bond donors (Lipinski definition) is 1. The van der Waals surface area contributed by atoms with Crippen LogP contribution in [0.3, 0.4) is 0 Å². The second-order valence-electron chi connectivity index (χ2n) is 8.89. The first kappa shape index (κ1) is 27.9. The molecule has 0 saturated carbocycles. The number of aryl methyl sites for hydroxylation is 2. The van der Waals surface area contributed by atoms with Gasteiger partial charge in [-0.2, -0.15) is 4.72 Å². The van der Waals surface area contributed by atoms with Crippen LogP contribution in [0.1, 0.15) is 23.1 Å². The van der Waals surface area contributed by atoms with Gasteiger partial charge in [-0.1, -0.05) is 42.0 Å². The van der Waals surface area contributed by atoms with E-state index in [-0.39, 0.29) is 23.2 Å². The van der Waals surface area contributed by atoms with Crippen LogP contribution in [0.15, 0.2) is 77.7 Å². The molecule has 0 aromatic heterocycles. The summed E-state index contributed by atoms with van der Waals surface area (Å²) in [6, 6.07) is 20.1. The maximum Gasteiger partial charge on any atom is 0.305 e. The van der Waals surface area contributed by atoms with Gasteiger partial charge in [0.2, 0.25) is 15.9 Å². The minimum absolute atomic E-state index is 0.106. The van der Waals surface area contributed by atoms with E-state index in [1.807, 2.05) is 31.2 Å². The first-order valence-electron chi connectivity index (χ1n) is 11.8. The Kier molecular flexibility index (Phi) is 9.43. The standard InChI is InChI=1S/C28H32N2O6S/c1-20-5-16-25(17-6-20)37(33,34)29-26(28(32)30(2)3)19-22-9-14-24(15-10-22)36-23-12-7-21(8-13-23)11-18-27(31)35-4/h5-10,12-17,26,29H,11,18-19H2,1-4H3/t26-/m1/s1. The topological polar surface area (TPSA) is 102 Å². The molecule has 0 aliphatic rings. The molecule has 1 amide bonds. The van der Waals surface area contributed by atoms with Gasteiger partial charge in [-0.3, -0.25) is 9.59 Å². The lowest BCUT2D eigenvalue weighted by Gasteiger charge is -2.22. The zero-order valence-corrected chi connectivity index (χ0v) is 22.2. The predicted molar refractivity (Wildman–Crippen MR) is 141 cm³/mol. The molecule has 8 nitrogen and oxygen atoms in total. The van der Waals surface area contributed by atoms with Crippen molar-refractivity contribution in [1.82, 2.24) is 9.62 Å². The summed E-state index contributed by atoms with van der Waals surface area (Å²) in [5.74, 6) is 0.643. The van der Waals surface area contributed by atoms with E-state index < -0.39 is 16.1 Å². The largest absolute Gasteiger partial charge is 0.469 e. The molecule has 3 rings (SSSR count). The van der Waals surface area contributed by atoms with Crippen LogP contribution in [-0.4, -0.2) is 52.4 Å². The minimum Gasteiger partial charge on any atom is -0.469 e. The fraction of sp³-hybridized carbons (Fsp3) is 0.286. The van der Waals surface area contributed by atoms with Gasteiger partial charge in [-0.05, 0) is 67.3 Å². The van der Waals surface area contributed by atoms with Crippen LogP contribution in [0.25, 0.3) is 0 Å². The van der Waals surface area contributed by atoms with Crippen molar-refractivity contribution in [2.24, 2.45) is 0 Å². The lowest BCUT2D eigenvalue weighted by Crippen LogP contribution is -2.47. The third-order valence-corrected chi connectivity index (χ3v) is 7.22. The molecule has 196 valence electrons. The molecule has 0 bridgehead atoms. The van der Waals surface area contributed by atoms with Gasteiger partial charge in [-0.25, -0.2) is 8.42 Å². The van der Waals surface area contributed by atoms with Crippen LogP contribution in [0, 0.1) is 6.92 Å². The number of carbonyl (C=O) groups excluding carboxylic acids is 2. The Balaban J connectivity index is 1.67. The molecular formula is C28H32N2O6S. The van der Waals surface area contributed by atoms with Gasteiger partial charge in [0.05, 0.1) is 12.0 Å². The average molecular weight is 525 g/mol. The van der Waals surface area contributed by atoms with Gasteiger partial charge < -0.3 is 14.4 Å². The van der Waals surface area contributed by atoms with Gasteiger partial charge in [0.15, 0.2) is 0 Å². The quantitative estimate of drug-likeness (QED) is 0.382. The number of ether oxygens (including phenoxy) is 2. The van der Waals surface area contributed by atoms with Crippen molar-refractivity contribution in [3.8, 4) is 11.5 Å². The highest BCUT2D eigenvalue weighted by Crippen LogP contribution is 2.23. The average Bonchev–Trinajstić information content (AvgIpc) is 2.88. The van der Waals surface area contributed by atoms with Gasteiger partial charge in [0.25, 0.3) is 0 Å². The van der Waals surface area contributed by atoms with Crippen LogP contribution in [-0.2, 0) is 37.2 Å². The number of rotatable bonds is 11. The number of hydrogen-bond acceptors (Lipinski definition) is 6. The Bertz CT molecular complexity index is 1300. The highest BCUT2D eigenvalue weighted by Gasteiger charge is 2.27. The highest BCUT2D eigenvalue weighted by molar-refractivity contribution is 7.89. The first-order valence-corrected chi connectivity index (χ1v) is 13.3. The van der Waals surface area contributed by atoms with Crippen molar-refractivity contribution in [3.63, 3.8) is 0 Å². The van der Waals surface area contributed by atoms with Crippen molar-refractivity contribution in [1.29, 1.82) is 0 Å². The highest BCUT2D eigenvalue weighted by atomic mass is 32.2. The van der Waals surface area contributed by atoms with Gasteiger partial charge in [0.1, 0.15) is 17.5 Å². The monoisotopic (exact) mass is 524 g/mol. The molecule has 3 aromatic rings. The van der Waals surface area contributed by atoms with E-state index >= 15 is 0 Å². The zero-order chi connectivity index (χ0) is 27.0. The number of likely N-dealkylation sites (N-methyl/N-ethyl adjacent to an activating group) is 1. The van der Waals surface area contributed by atoms with Gasteiger partial charge in [-0.15, -0.1) is 0 Å². The Morgan fingerprint density at radius 3 is 1.92 bits per heavy atom. The van der Waals surface area contributed by atoms with Crippen LogP contribution in [0.4, 0.5) is 0 Å². The summed E-state index contributed by atoms with van der Waals surface area (Å²) < 4.78 is 39.0. The molecule has 37 heavy (non-hydrogen) atoms. The van der Waals surface area contributed by atoms with Crippen LogP contribution < -0.4 is 9.46 Å². The number of carbonyl (C=O) groups is 2. The molecule has 1 N–H and O–H groups in total. The third kappa shape index (κ3) is 8.16. The molecule has 1 atom stereocenters. The fourth-order valence-electron chi connectivity index (χ4n) is 3.60. The van der Waals surface area contributed by atoms with Crippen molar-refractivity contribution in [3.05, 3.63) is 89.5 Å². The maximum absolute atomic E-state index is 12.9. The maximum atomic E-state index is 12.9. The Morgan fingerprint density at radius 1 is 0.865 bits per heavy atom. The summed E-state index contributed by atoms with van der Waals surface area (Å²) in [6.45, 7) is 1.87. The minimum atomic E-state index is -3.89. The molecule has 3 aromatic carbocycles. The van der Waals surface area contributed by atoms with Crippen LogP contribution in [0.5, 0.6) is 11.5 Å². The molecule has 0 spiro atoms. The van der Waals surface area contributed by atoms with Gasteiger partial charge >= 0.3 is 5.97 Å². The van der Waals surface area contributed by atoms with Crippen LogP contribution in [0.2, 0.25) is 0 Å². The van der Waals surface area contributed by atoms with Crippen molar-refractivity contribution >= 4 is 21.9 Å². The number of sulfonamides is 1. The second-order valence-corrected chi connectivity index (χ2v) is 10.6. The van der Waals surface area contributed by atoms with Crippen molar-refractivity contribution in [2.75, 3.05) is 21.2 Å². The summed E-state index contributed by atoms with van der Waals surface area (Å²) in [7, 11) is 0.665. The number of methoxy groups -OCH3 is 1. The van der Waals surface area contributed by atoms with Crippen LogP contribution >= 0.6 is 0 Å². The SMILES string of the molecule is COC(=O)CCc1ccc(Oc2ccc(C[C@@H](NS(=O)(=O)c3ccc(C)cc3)C(=O)N(C)C)cc2)cc1. The van der Waals surface area contributed by atoms with E-state index in [0.29, 0.717) is 24.3 Å². The molecule has 0 radical (unpaired) electrons. The third-order valence-electron chi connectivity index (χ3n) is 5.74. The molecule has 0 fully saturated rings. The van der Waals surface area contributed by atoms with E-state index in [1.165, 1.54) is 24.1 Å². The molecule has 0 heterocycles. The Labute approximate surface area is 218 Å². The summed E-state index contributed by atoms with van der Waals surface area (Å²) >= 11 is 0. The number of esters is 1. The van der Waals surface area contributed by atoms with Crippen molar-refractivity contribution in [2.45, 2.75) is 37.1 Å². The molecule has 0 saturated heterocycles. The molecule has 0 aliphatic carbocycles. The zero-order valence-electron chi connectivity index (χ0n) is 21.4. The number of amides is 1. The molecule has 0 unspecified atom stereocenters. The number of nitrogens with one attached hydrogen (secondary N) is 1. The molecule has 0 aliphatic heterocycles. The van der Waals surface area contributed by atoms with E-state index in [4.69, 9.17) is 4.74 Å². The second kappa shape index (κ2) is 12.5. The predicted octanol–water partition coefficient (Wildman–Crippen LogP) is 3.87. The number of benzene rings is 3. The van der Waals surface area contributed by atoms with E-state index in [0.717, 1.165) is 16.7 Å². The number of nitrogens with zero attached hydrogens (tertiary/aromatic N) is 1. The van der Waals surface area contributed by atoms with Gasteiger partial charge in [0, 0.05) is 20.5 Å². The fourth-order valence-corrected chi connectivity index (χ4v) is 4.79. The Hall–Kier alpha value is -3.69. The summed E-state index contributed by atoms with van der Waals surface area (Å²) in [6.07, 6.45) is 1.08. The molecular weight excluding hydrogens is 492 g/mol. The van der Waals surface area contributed by atoms with E-state index in [1.54, 1.807) is 50.5 Å². The first-order chi connectivity index (χ1) is 17.6. The summed E-state index contributed by atoms with van der Waals surface area (Å²) in [4.78, 5) is 25.6. The lowest BCUT2D eigenvalue weighted by atomic mass is 10.1. The normalized spacial score (nSPS) is 12.0. The lowest BCUT2D eigenvalue weighted by molar-refractivity contribution is -0.140. The van der Waals surface area contributed by atoms with E-state index in [2.05, 4.69) is 9.46 Å². The summed E-state index contributed by atoms with van der Waals surface area (Å²) in [5, 5.41) is 0. The Morgan fingerprint density at radius 2 is 1.41 bits per heavy atom. The van der Waals surface area contributed by atoms with Crippen molar-refractivity contribution < 1.29 is 27.5 Å². The molecule has 9 heteroatoms. The van der Waals surface area contributed by atoms with E-state index in [9.17, 15) is 18.0 Å².